The molecular weight excluding hydrogens is 443 g/mol. The van der Waals surface area contributed by atoms with Crippen LogP contribution >= 0.6 is 0 Å². The second-order valence-electron chi connectivity index (χ2n) is 7.67. The van der Waals surface area contributed by atoms with Crippen LogP contribution in [-0.4, -0.2) is 71.6 Å². The number of halogens is 3. The van der Waals surface area contributed by atoms with E-state index in [-0.39, 0.29) is 29.0 Å². The van der Waals surface area contributed by atoms with Crippen LogP contribution in [0.2, 0.25) is 0 Å². The summed E-state index contributed by atoms with van der Waals surface area (Å²) in [6.07, 6.45) is -3.23. The van der Waals surface area contributed by atoms with Crippen LogP contribution in [0.1, 0.15) is 45.4 Å². The number of piperidine rings is 1. The topological polar surface area (TPSA) is 141 Å². The molecule has 2 aromatic rings. The number of nitrogens with zero attached hydrogens (tertiary/aromatic N) is 5. The van der Waals surface area contributed by atoms with Gasteiger partial charge in [0.05, 0.1) is 12.8 Å². The van der Waals surface area contributed by atoms with Crippen molar-refractivity contribution in [3.8, 4) is 6.01 Å². The first kappa shape index (κ1) is 24.0. The van der Waals surface area contributed by atoms with Gasteiger partial charge in [0.2, 0.25) is 0 Å². The number of hydrogen-bond acceptors (Lipinski definition) is 8. The third kappa shape index (κ3) is 5.79. The van der Waals surface area contributed by atoms with Crippen molar-refractivity contribution in [3.63, 3.8) is 0 Å². The Kier molecular flexibility index (Phi) is 6.89. The van der Waals surface area contributed by atoms with E-state index in [1.165, 1.54) is 13.2 Å². The Balaban J connectivity index is 1.76. The highest BCUT2D eigenvalue weighted by Gasteiger charge is 2.32. The van der Waals surface area contributed by atoms with Gasteiger partial charge in [0.25, 0.3) is 11.8 Å². The molecule has 0 atom stereocenters. The summed E-state index contributed by atoms with van der Waals surface area (Å²) in [7, 11) is 2.36. The van der Waals surface area contributed by atoms with E-state index < -0.39 is 24.5 Å². The molecule has 0 aliphatic carbocycles. The Morgan fingerprint density at radius 2 is 1.88 bits per heavy atom. The largest absolute Gasteiger partial charge is 0.467 e. The molecule has 13 heteroatoms. The molecule has 1 aliphatic rings. The van der Waals surface area contributed by atoms with Gasteiger partial charge in [-0.15, -0.1) is 0 Å². The van der Waals surface area contributed by atoms with Gasteiger partial charge in [-0.1, -0.05) is 0 Å². The number of nitrogens with two attached hydrogens (primary N) is 2. The van der Waals surface area contributed by atoms with Crippen LogP contribution in [0.15, 0.2) is 18.2 Å². The third-order valence-electron chi connectivity index (χ3n) is 5.28. The third-order valence-corrected chi connectivity index (χ3v) is 5.28. The average molecular weight is 467 g/mol. The Morgan fingerprint density at radius 1 is 1.21 bits per heavy atom. The molecule has 3 heterocycles. The summed E-state index contributed by atoms with van der Waals surface area (Å²) in [5, 5.41) is 0. The van der Waals surface area contributed by atoms with Crippen LogP contribution in [0.3, 0.4) is 0 Å². The molecule has 33 heavy (non-hydrogen) atoms. The molecule has 10 nitrogen and oxygen atoms in total. The average Bonchev–Trinajstić information content (AvgIpc) is 2.77. The second kappa shape index (κ2) is 9.46. The van der Waals surface area contributed by atoms with Crippen LogP contribution < -0.4 is 21.1 Å². The van der Waals surface area contributed by atoms with E-state index in [2.05, 4.69) is 15.0 Å². The molecule has 4 N–H and O–H groups in total. The highest BCUT2D eigenvalue weighted by atomic mass is 19.4. The predicted octanol–water partition coefficient (Wildman–Crippen LogP) is 1.58. The van der Waals surface area contributed by atoms with E-state index in [0.29, 0.717) is 42.3 Å². The van der Waals surface area contributed by atoms with Crippen LogP contribution in [0.5, 0.6) is 6.01 Å². The number of rotatable bonds is 6. The van der Waals surface area contributed by atoms with Crippen molar-refractivity contribution in [3.05, 3.63) is 35.3 Å². The number of pyridine rings is 1. The second-order valence-corrected chi connectivity index (χ2v) is 7.67. The zero-order chi connectivity index (χ0) is 24.3. The van der Waals surface area contributed by atoms with Gasteiger partial charge >= 0.3 is 12.2 Å². The summed E-state index contributed by atoms with van der Waals surface area (Å²) in [6, 6.07) is 4.58. The summed E-state index contributed by atoms with van der Waals surface area (Å²) in [4.78, 5) is 38.9. The van der Waals surface area contributed by atoms with Crippen molar-refractivity contribution in [1.29, 1.82) is 0 Å². The Morgan fingerprint density at radius 3 is 2.45 bits per heavy atom. The van der Waals surface area contributed by atoms with Gasteiger partial charge in [-0.25, -0.2) is 4.98 Å². The summed E-state index contributed by atoms with van der Waals surface area (Å²) >= 11 is 0. The first-order valence-corrected chi connectivity index (χ1v) is 10.0. The van der Waals surface area contributed by atoms with Crippen molar-refractivity contribution < 1.29 is 27.5 Å². The highest BCUT2D eigenvalue weighted by molar-refractivity contribution is 5.95. The molecule has 3 rings (SSSR count). The van der Waals surface area contributed by atoms with Gasteiger partial charge in [-0.2, -0.15) is 23.1 Å². The Labute approximate surface area is 187 Å². The van der Waals surface area contributed by atoms with E-state index in [0.717, 1.165) is 7.05 Å². The predicted molar refractivity (Wildman–Crippen MR) is 113 cm³/mol. The number of ether oxygens (including phenoxy) is 1. The number of hydrogen-bond donors (Lipinski definition) is 2. The number of carbonyl (C=O) groups is 2. The van der Waals surface area contributed by atoms with E-state index in [9.17, 15) is 22.8 Å². The molecule has 1 saturated heterocycles. The fraction of sp³-hybridized carbons (Fsp3) is 0.450. The molecule has 1 aliphatic heterocycles. The molecule has 0 unspecified atom stereocenters. The summed E-state index contributed by atoms with van der Waals surface area (Å²) < 4.78 is 43.1. The van der Waals surface area contributed by atoms with Crippen LogP contribution in [0.25, 0.3) is 0 Å². The molecule has 2 aromatic heterocycles. The first-order valence-electron chi connectivity index (χ1n) is 10.0. The van der Waals surface area contributed by atoms with Gasteiger partial charge in [0.1, 0.15) is 18.1 Å². The number of carbonyl (C=O) groups excluding carboxylic acids is 2. The van der Waals surface area contributed by atoms with E-state index in [1.54, 1.807) is 12.1 Å². The lowest BCUT2D eigenvalue weighted by atomic mass is 9.92. The molecule has 178 valence electrons. The van der Waals surface area contributed by atoms with Crippen LogP contribution in [0, 0.1) is 0 Å². The maximum atomic E-state index is 12.7. The number of methoxy groups -OCH3 is 1. The molecule has 0 bridgehead atoms. The lowest BCUT2D eigenvalue weighted by Crippen LogP contribution is -2.37. The zero-order valence-corrected chi connectivity index (χ0v) is 18.1. The van der Waals surface area contributed by atoms with E-state index in [1.807, 2.05) is 4.90 Å². The molecule has 0 spiro atoms. The van der Waals surface area contributed by atoms with Crippen molar-refractivity contribution in [1.82, 2.24) is 19.9 Å². The number of alkyl halides is 3. The minimum Gasteiger partial charge on any atom is -0.467 e. The van der Waals surface area contributed by atoms with E-state index in [4.69, 9.17) is 16.2 Å². The van der Waals surface area contributed by atoms with Gasteiger partial charge in [0, 0.05) is 37.8 Å². The maximum absolute atomic E-state index is 12.7. The van der Waals surface area contributed by atoms with Crippen LogP contribution in [0.4, 0.5) is 24.7 Å². The zero-order valence-electron chi connectivity index (χ0n) is 18.1. The molecule has 0 radical (unpaired) electrons. The SMILES string of the molecule is COc1nc(C(=O)N(C)CC(F)(F)F)cc(N2CCC(c3ccc(N)c(C(N)=O)n3)CC2)n1. The summed E-state index contributed by atoms with van der Waals surface area (Å²) in [5.41, 5.74) is 11.8. The minimum absolute atomic E-state index is 0.0293. The maximum Gasteiger partial charge on any atom is 0.406 e. The highest BCUT2D eigenvalue weighted by Crippen LogP contribution is 2.30. The van der Waals surface area contributed by atoms with Crippen molar-refractivity contribution in [2.24, 2.45) is 5.73 Å². The normalized spacial score (nSPS) is 14.8. The van der Waals surface area contributed by atoms with Gasteiger partial charge in [-0.05, 0) is 25.0 Å². The number of primary amides is 1. The molecule has 2 amide bonds. The van der Waals surface area contributed by atoms with Crippen molar-refractivity contribution in [2.75, 3.05) is 44.4 Å². The van der Waals surface area contributed by atoms with Gasteiger partial charge < -0.3 is 26.0 Å². The summed E-state index contributed by atoms with van der Waals surface area (Å²) in [6.45, 7) is -0.357. The molecule has 0 aromatic carbocycles. The summed E-state index contributed by atoms with van der Waals surface area (Å²) in [5.74, 6) is -1.18. The van der Waals surface area contributed by atoms with E-state index >= 15 is 0 Å². The Hall–Kier alpha value is -3.64. The fourth-order valence-corrected chi connectivity index (χ4v) is 3.63. The minimum atomic E-state index is -4.53. The first-order chi connectivity index (χ1) is 15.5. The lowest BCUT2D eigenvalue weighted by molar-refractivity contribution is -0.138. The quantitative estimate of drug-likeness (QED) is 0.653. The standard InChI is InChI=1S/C20H24F3N7O3/c1-29(10-20(21,22)23)18(32)14-9-15(28-19(27-14)33-2)30-7-5-11(6-8-30)13-4-3-12(24)16(26-13)17(25)31/h3-4,9,11H,5-8,10,24H2,1-2H3,(H2,25,31). The molecule has 0 saturated carbocycles. The number of amides is 2. The smallest absolute Gasteiger partial charge is 0.406 e. The fourth-order valence-electron chi connectivity index (χ4n) is 3.63. The number of nitrogen functional groups attached to an aromatic ring is 1. The van der Waals surface area contributed by atoms with Crippen molar-refractivity contribution >= 4 is 23.3 Å². The van der Waals surface area contributed by atoms with Crippen LogP contribution in [-0.2, 0) is 0 Å². The molecular formula is C20H24F3N7O3. The Bertz CT molecular complexity index is 1040. The number of aromatic nitrogens is 3. The van der Waals surface area contributed by atoms with Gasteiger partial charge in [0.15, 0.2) is 5.69 Å². The van der Waals surface area contributed by atoms with Gasteiger partial charge in [-0.3, -0.25) is 9.59 Å². The molecule has 1 fully saturated rings. The lowest BCUT2D eigenvalue weighted by Gasteiger charge is -2.33. The number of anilines is 2. The monoisotopic (exact) mass is 467 g/mol. The van der Waals surface area contributed by atoms with Crippen molar-refractivity contribution in [2.45, 2.75) is 24.9 Å².